The third kappa shape index (κ3) is 4.68. The van der Waals surface area contributed by atoms with E-state index in [1.807, 2.05) is 13.8 Å². The van der Waals surface area contributed by atoms with Gasteiger partial charge in [-0.3, -0.25) is 0 Å². The van der Waals surface area contributed by atoms with E-state index in [2.05, 4.69) is 10.1 Å². The van der Waals surface area contributed by atoms with Gasteiger partial charge in [-0.1, -0.05) is 25.4 Å². The number of rotatable bonds is 6. The Labute approximate surface area is 124 Å². The Kier molecular flexibility index (Phi) is 5.91. The second-order valence-electron chi connectivity index (χ2n) is 4.90. The minimum Gasteiger partial charge on any atom is -0.310 e. The van der Waals surface area contributed by atoms with Gasteiger partial charge < -0.3 is 5.32 Å². The summed E-state index contributed by atoms with van der Waals surface area (Å²) < 4.78 is 38.4. The molecule has 0 bridgehead atoms. The molecule has 8 heteroatoms. The van der Waals surface area contributed by atoms with Gasteiger partial charge in [0.2, 0.25) is 0 Å². The largest absolute Gasteiger partial charge is 0.310 e. The Morgan fingerprint density at radius 1 is 1.35 bits per heavy atom. The molecule has 0 aliphatic rings. The predicted molar refractivity (Wildman–Crippen MR) is 77.4 cm³/mol. The third-order valence-corrected chi connectivity index (χ3v) is 4.07. The van der Waals surface area contributed by atoms with Gasteiger partial charge in [0.15, 0.2) is 0 Å². The van der Waals surface area contributed by atoms with Crippen LogP contribution in [0, 0.1) is 5.82 Å². The van der Waals surface area contributed by atoms with Crippen molar-refractivity contribution in [2.75, 3.05) is 14.1 Å². The molecule has 0 unspecified atom stereocenters. The molecular formula is C12H19ClFN3O2S. The van der Waals surface area contributed by atoms with Crippen LogP contribution < -0.4 is 10.1 Å². The normalized spacial score (nSPS) is 12.4. The maximum atomic E-state index is 14.3. The highest BCUT2D eigenvalue weighted by Crippen LogP contribution is 2.23. The van der Waals surface area contributed by atoms with Gasteiger partial charge in [-0.15, -0.1) is 4.83 Å². The van der Waals surface area contributed by atoms with Crippen LogP contribution in [0.15, 0.2) is 17.0 Å². The number of nitrogens with zero attached hydrogens (tertiary/aromatic N) is 1. The number of hydrogen-bond acceptors (Lipinski definition) is 4. The van der Waals surface area contributed by atoms with Gasteiger partial charge in [-0.05, 0) is 12.1 Å². The molecule has 114 valence electrons. The molecule has 0 aromatic heterocycles. The molecular weight excluding hydrogens is 305 g/mol. The molecule has 20 heavy (non-hydrogen) atoms. The molecule has 0 aliphatic carbocycles. The summed E-state index contributed by atoms with van der Waals surface area (Å²) in [4.78, 5) is 1.72. The molecule has 0 saturated heterocycles. The van der Waals surface area contributed by atoms with Crippen molar-refractivity contribution in [3.05, 3.63) is 28.5 Å². The molecule has 2 N–H and O–H groups in total. The van der Waals surface area contributed by atoms with E-state index >= 15 is 0 Å². The molecule has 1 aromatic carbocycles. The predicted octanol–water partition coefficient (Wildman–Crippen LogP) is 1.73. The molecule has 1 aromatic rings. The van der Waals surface area contributed by atoms with Crippen molar-refractivity contribution < 1.29 is 12.8 Å². The molecule has 0 aliphatic heterocycles. The molecule has 0 heterocycles. The van der Waals surface area contributed by atoms with E-state index in [0.29, 0.717) is 0 Å². The molecule has 0 amide bonds. The lowest BCUT2D eigenvalue weighted by Crippen LogP contribution is -2.36. The first kappa shape index (κ1) is 17.3. The lowest BCUT2D eigenvalue weighted by molar-refractivity contribution is 0.362. The van der Waals surface area contributed by atoms with Gasteiger partial charge in [-0.2, -0.15) is 0 Å². The van der Waals surface area contributed by atoms with Gasteiger partial charge in [-0.25, -0.2) is 17.8 Å². The summed E-state index contributed by atoms with van der Waals surface area (Å²) in [6.07, 6.45) is 0. The second-order valence-corrected chi connectivity index (χ2v) is 6.97. The number of halogens is 2. The summed E-state index contributed by atoms with van der Waals surface area (Å²) in [6, 6.07) is 2.66. The minimum absolute atomic E-state index is 0.147. The molecule has 0 radical (unpaired) electrons. The summed E-state index contributed by atoms with van der Waals surface area (Å²) in [5.41, 5.74) is 0.213. The van der Waals surface area contributed by atoms with Crippen molar-refractivity contribution in [3.63, 3.8) is 0 Å². The van der Waals surface area contributed by atoms with E-state index in [1.54, 1.807) is 0 Å². The summed E-state index contributed by atoms with van der Waals surface area (Å²) in [6.45, 7) is 4.02. The van der Waals surface area contributed by atoms with Crippen molar-refractivity contribution in [2.24, 2.45) is 0 Å². The van der Waals surface area contributed by atoms with E-state index in [-0.39, 0.29) is 23.2 Å². The second kappa shape index (κ2) is 6.82. The topological polar surface area (TPSA) is 61.4 Å². The van der Waals surface area contributed by atoms with E-state index in [1.165, 1.54) is 25.2 Å². The van der Waals surface area contributed by atoms with E-state index in [4.69, 9.17) is 11.6 Å². The number of nitrogens with one attached hydrogen (secondary N) is 2. The Morgan fingerprint density at radius 2 is 1.95 bits per heavy atom. The summed E-state index contributed by atoms with van der Waals surface area (Å²) >= 11 is 5.88. The average molecular weight is 324 g/mol. The highest BCUT2D eigenvalue weighted by atomic mass is 35.5. The maximum Gasteiger partial charge on any atom is 0.256 e. The Morgan fingerprint density at radius 3 is 2.45 bits per heavy atom. The maximum absolute atomic E-state index is 14.3. The summed E-state index contributed by atoms with van der Waals surface area (Å²) in [7, 11) is -0.983. The van der Waals surface area contributed by atoms with Crippen LogP contribution >= 0.6 is 11.6 Å². The fraction of sp³-hybridized carbons (Fsp3) is 0.500. The van der Waals surface area contributed by atoms with Crippen LogP contribution in [-0.4, -0.2) is 33.6 Å². The molecule has 0 fully saturated rings. The van der Waals surface area contributed by atoms with Crippen LogP contribution in [-0.2, 0) is 16.6 Å². The Bertz CT molecular complexity index is 576. The van der Waals surface area contributed by atoms with E-state index in [0.717, 1.165) is 6.07 Å². The van der Waals surface area contributed by atoms with Gasteiger partial charge in [0, 0.05) is 37.3 Å². The first-order valence-electron chi connectivity index (χ1n) is 6.04. The van der Waals surface area contributed by atoms with Gasteiger partial charge in [0.05, 0.1) is 0 Å². The average Bonchev–Trinajstić information content (AvgIpc) is 2.27. The van der Waals surface area contributed by atoms with Gasteiger partial charge in [0.25, 0.3) is 10.0 Å². The van der Waals surface area contributed by atoms with Crippen molar-refractivity contribution in [3.8, 4) is 0 Å². The molecule has 0 saturated carbocycles. The standard InChI is InChI=1S/C12H19ClFN3O2S/c1-8(2)15-7-9-5-10(13)6-11(12(9)14)20(18,19)16-17(3)4/h5-6,8,15-16H,7H2,1-4H3. The first-order valence-corrected chi connectivity index (χ1v) is 7.90. The number of sulfonamides is 1. The fourth-order valence-electron chi connectivity index (χ4n) is 1.55. The number of benzene rings is 1. The third-order valence-electron chi connectivity index (χ3n) is 2.37. The van der Waals surface area contributed by atoms with Gasteiger partial charge >= 0.3 is 0 Å². The lowest BCUT2D eigenvalue weighted by Gasteiger charge is -2.15. The van der Waals surface area contributed by atoms with E-state index in [9.17, 15) is 12.8 Å². The Hall–Kier alpha value is -0.730. The lowest BCUT2D eigenvalue weighted by atomic mass is 10.2. The monoisotopic (exact) mass is 323 g/mol. The van der Waals surface area contributed by atoms with Crippen molar-refractivity contribution >= 4 is 21.6 Å². The molecule has 0 spiro atoms. The SMILES string of the molecule is CC(C)NCc1cc(Cl)cc(S(=O)(=O)NN(C)C)c1F. The highest BCUT2D eigenvalue weighted by Gasteiger charge is 2.23. The smallest absolute Gasteiger partial charge is 0.256 e. The van der Waals surface area contributed by atoms with Crippen LogP contribution in [0.3, 0.4) is 0 Å². The number of hydrazine groups is 1. The van der Waals surface area contributed by atoms with Gasteiger partial charge in [0.1, 0.15) is 10.7 Å². The van der Waals surface area contributed by atoms with Crippen LogP contribution in [0.4, 0.5) is 4.39 Å². The summed E-state index contributed by atoms with van der Waals surface area (Å²) in [5, 5.41) is 4.42. The fourth-order valence-corrected chi connectivity index (χ4v) is 3.08. The zero-order valence-corrected chi connectivity index (χ0v) is 13.4. The highest BCUT2D eigenvalue weighted by molar-refractivity contribution is 7.89. The Balaban J connectivity index is 3.21. The van der Waals surface area contributed by atoms with Crippen LogP contribution in [0.2, 0.25) is 5.02 Å². The molecule has 0 atom stereocenters. The molecule has 5 nitrogen and oxygen atoms in total. The summed E-state index contributed by atoms with van der Waals surface area (Å²) in [5.74, 6) is -0.795. The zero-order chi connectivity index (χ0) is 15.5. The zero-order valence-electron chi connectivity index (χ0n) is 11.9. The van der Waals surface area contributed by atoms with E-state index < -0.39 is 20.7 Å². The molecule has 1 rings (SSSR count). The van der Waals surface area contributed by atoms with Crippen molar-refractivity contribution in [2.45, 2.75) is 31.3 Å². The van der Waals surface area contributed by atoms with Crippen molar-refractivity contribution in [1.29, 1.82) is 0 Å². The first-order chi connectivity index (χ1) is 9.13. The van der Waals surface area contributed by atoms with Crippen LogP contribution in [0.1, 0.15) is 19.4 Å². The van der Waals surface area contributed by atoms with Crippen molar-refractivity contribution in [1.82, 2.24) is 15.2 Å². The number of hydrogen-bond donors (Lipinski definition) is 2. The van der Waals surface area contributed by atoms with Crippen LogP contribution in [0.5, 0.6) is 0 Å². The van der Waals surface area contributed by atoms with Crippen LogP contribution in [0.25, 0.3) is 0 Å². The minimum atomic E-state index is -3.99. The quantitative estimate of drug-likeness (QED) is 0.783.